The van der Waals surface area contributed by atoms with Gasteiger partial charge in [-0.3, -0.25) is 4.79 Å². The molecule has 0 saturated carbocycles. The van der Waals surface area contributed by atoms with E-state index in [1.807, 2.05) is 31.2 Å². The van der Waals surface area contributed by atoms with E-state index < -0.39 is 15.9 Å². The largest absolute Gasteiger partial charge is 0.508 e. The Labute approximate surface area is 169 Å². The Bertz CT molecular complexity index is 1090. The van der Waals surface area contributed by atoms with Gasteiger partial charge in [0.05, 0.1) is 9.79 Å². The molecule has 2 N–H and O–H groups in total. The average molecular weight is 411 g/mol. The number of anilines is 1. The lowest BCUT2D eigenvalue weighted by atomic mass is 10.2. The number of hydrogen-bond acceptors (Lipinski definition) is 5. The fourth-order valence-electron chi connectivity index (χ4n) is 2.60. The van der Waals surface area contributed by atoms with Crippen molar-refractivity contribution in [3.8, 4) is 11.5 Å². The third-order valence-corrected chi connectivity index (χ3v) is 6.07. The number of rotatable bonds is 6. The van der Waals surface area contributed by atoms with E-state index in [1.165, 1.54) is 48.5 Å². The molecular formula is C22H21NO5S. The Morgan fingerprint density at radius 3 is 1.97 bits per heavy atom. The molecule has 29 heavy (non-hydrogen) atoms. The Kier molecular flexibility index (Phi) is 5.89. The van der Waals surface area contributed by atoms with Crippen molar-refractivity contribution in [1.82, 2.24) is 0 Å². The molecule has 0 aliphatic carbocycles. The zero-order valence-electron chi connectivity index (χ0n) is 16.0. The fourth-order valence-corrected chi connectivity index (χ4v) is 3.86. The molecule has 6 nitrogen and oxygen atoms in total. The molecule has 0 aromatic heterocycles. The van der Waals surface area contributed by atoms with Gasteiger partial charge in [-0.25, -0.2) is 8.42 Å². The maximum absolute atomic E-state index is 12.6. The molecule has 1 atom stereocenters. The van der Waals surface area contributed by atoms with Crippen molar-refractivity contribution in [2.45, 2.75) is 29.7 Å². The summed E-state index contributed by atoms with van der Waals surface area (Å²) in [5.74, 6) is 0.0569. The highest BCUT2D eigenvalue weighted by Crippen LogP contribution is 2.25. The first-order chi connectivity index (χ1) is 13.8. The van der Waals surface area contributed by atoms with Gasteiger partial charge in [0, 0.05) is 5.69 Å². The van der Waals surface area contributed by atoms with Crippen molar-refractivity contribution in [3.05, 3.63) is 78.4 Å². The van der Waals surface area contributed by atoms with Gasteiger partial charge in [-0.1, -0.05) is 17.7 Å². The quantitative estimate of drug-likeness (QED) is 0.641. The number of ether oxygens (including phenoxy) is 1. The number of benzene rings is 3. The molecule has 0 aliphatic heterocycles. The van der Waals surface area contributed by atoms with Gasteiger partial charge in [0.15, 0.2) is 6.10 Å². The van der Waals surface area contributed by atoms with Gasteiger partial charge in [-0.05, 0) is 74.5 Å². The van der Waals surface area contributed by atoms with Crippen LogP contribution in [0.5, 0.6) is 11.5 Å². The standard InChI is InChI=1S/C22H21NO5S/c1-15-3-5-17(6-4-15)23-22(25)16(2)28-19-9-13-21(14-10-19)29(26,27)20-11-7-18(24)8-12-20/h3-14,16,24H,1-2H3,(H,23,25). The van der Waals surface area contributed by atoms with Crippen LogP contribution >= 0.6 is 0 Å². The normalized spacial score (nSPS) is 12.2. The van der Waals surface area contributed by atoms with E-state index in [-0.39, 0.29) is 21.4 Å². The van der Waals surface area contributed by atoms with Crippen molar-refractivity contribution in [3.63, 3.8) is 0 Å². The minimum absolute atomic E-state index is 0.00870. The molecule has 0 aliphatic rings. The summed E-state index contributed by atoms with van der Waals surface area (Å²) >= 11 is 0. The number of sulfone groups is 1. The molecule has 0 heterocycles. The van der Waals surface area contributed by atoms with E-state index in [9.17, 15) is 18.3 Å². The number of carbonyl (C=O) groups excluding carboxylic acids is 1. The summed E-state index contributed by atoms with van der Waals surface area (Å²) in [5.41, 5.74) is 1.76. The van der Waals surface area contributed by atoms with Gasteiger partial charge in [-0.15, -0.1) is 0 Å². The number of hydrogen-bond donors (Lipinski definition) is 2. The fraction of sp³-hybridized carbons (Fsp3) is 0.136. The lowest BCUT2D eigenvalue weighted by Crippen LogP contribution is -2.30. The van der Waals surface area contributed by atoms with Crippen LogP contribution in [0.15, 0.2) is 82.6 Å². The van der Waals surface area contributed by atoms with Crippen LogP contribution in [0.2, 0.25) is 0 Å². The van der Waals surface area contributed by atoms with Crippen LogP contribution in [0.25, 0.3) is 0 Å². The number of amides is 1. The van der Waals surface area contributed by atoms with Crippen molar-refractivity contribution < 1.29 is 23.1 Å². The summed E-state index contributed by atoms with van der Waals surface area (Å²) < 4.78 is 30.9. The maximum atomic E-state index is 12.6. The second-order valence-electron chi connectivity index (χ2n) is 6.58. The molecule has 3 aromatic rings. The van der Waals surface area contributed by atoms with Crippen LogP contribution in [-0.2, 0) is 14.6 Å². The highest BCUT2D eigenvalue weighted by atomic mass is 32.2. The first kappa shape index (κ1) is 20.4. The highest BCUT2D eigenvalue weighted by Gasteiger charge is 2.19. The molecule has 0 saturated heterocycles. The van der Waals surface area contributed by atoms with Gasteiger partial charge in [-0.2, -0.15) is 0 Å². The molecule has 0 spiro atoms. The van der Waals surface area contributed by atoms with Crippen LogP contribution in [-0.4, -0.2) is 25.5 Å². The maximum Gasteiger partial charge on any atom is 0.265 e. The Balaban J connectivity index is 1.67. The van der Waals surface area contributed by atoms with Crippen molar-refractivity contribution in [2.75, 3.05) is 5.32 Å². The highest BCUT2D eigenvalue weighted by molar-refractivity contribution is 7.91. The van der Waals surface area contributed by atoms with Gasteiger partial charge in [0.2, 0.25) is 9.84 Å². The second-order valence-corrected chi connectivity index (χ2v) is 8.53. The molecule has 3 aromatic carbocycles. The zero-order valence-corrected chi connectivity index (χ0v) is 16.8. The summed E-state index contributed by atoms with van der Waals surface area (Å²) in [6, 6.07) is 18.6. The SMILES string of the molecule is Cc1ccc(NC(=O)C(C)Oc2ccc(S(=O)(=O)c3ccc(O)cc3)cc2)cc1. The molecule has 0 fully saturated rings. The Morgan fingerprint density at radius 1 is 0.897 bits per heavy atom. The molecular weight excluding hydrogens is 390 g/mol. The van der Waals surface area contributed by atoms with E-state index in [2.05, 4.69) is 5.32 Å². The average Bonchev–Trinajstić information content (AvgIpc) is 2.70. The van der Waals surface area contributed by atoms with Crippen LogP contribution in [0.1, 0.15) is 12.5 Å². The number of phenolic OH excluding ortho intramolecular Hbond substituents is 1. The lowest BCUT2D eigenvalue weighted by Gasteiger charge is -2.15. The van der Waals surface area contributed by atoms with Crippen LogP contribution in [0.3, 0.4) is 0 Å². The van der Waals surface area contributed by atoms with Crippen molar-refractivity contribution in [2.24, 2.45) is 0 Å². The monoisotopic (exact) mass is 411 g/mol. The lowest BCUT2D eigenvalue weighted by molar-refractivity contribution is -0.122. The number of aryl methyl sites for hydroxylation is 1. The molecule has 3 rings (SSSR count). The number of nitrogens with one attached hydrogen (secondary N) is 1. The van der Waals surface area contributed by atoms with E-state index in [0.717, 1.165) is 5.56 Å². The van der Waals surface area contributed by atoms with E-state index in [4.69, 9.17) is 4.74 Å². The number of phenols is 1. The molecule has 0 radical (unpaired) electrons. The first-order valence-corrected chi connectivity index (χ1v) is 10.4. The van der Waals surface area contributed by atoms with Crippen LogP contribution < -0.4 is 10.1 Å². The van der Waals surface area contributed by atoms with E-state index in [0.29, 0.717) is 11.4 Å². The number of aromatic hydroxyl groups is 1. The van der Waals surface area contributed by atoms with Crippen LogP contribution in [0, 0.1) is 6.92 Å². The smallest absolute Gasteiger partial charge is 0.265 e. The summed E-state index contributed by atoms with van der Waals surface area (Å²) in [6.45, 7) is 3.58. The summed E-state index contributed by atoms with van der Waals surface area (Å²) in [7, 11) is -3.71. The summed E-state index contributed by atoms with van der Waals surface area (Å²) in [4.78, 5) is 12.5. The van der Waals surface area contributed by atoms with Gasteiger partial charge in [0.25, 0.3) is 5.91 Å². The van der Waals surface area contributed by atoms with Crippen molar-refractivity contribution in [1.29, 1.82) is 0 Å². The van der Waals surface area contributed by atoms with Gasteiger partial charge >= 0.3 is 0 Å². The molecule has 150 valence electrons. The summed E-state index contributed by atoms with van der Waals surface area (Å²) in [6.07, 6.45) is -0.768. The van der Waals surface area contributed by atoms with Gasteiger partial charge in [0.1, 0.15) is 11.5 Å². The Hall–Kier alpha value is -3.32. The molecule has 1 amide bonds. The van der Waals surface area contributed by atoms with E-state index in [1.54, 1.807) is 6.92 Å². The first-order valence-electron chi connectivity index (χ1n) is 8.94. The third kappa shape index (κ3) is 4.94. The second kappa shape index (κ2) is 8.36. The predicted molar refractivity (Wildman–Crippen MR) is 110 cm³/mol. The third-order valence-electron chi connectivity index (χ3n) is 4.28. The van der Waals surface area contributed by atoms with Gasteiger partial charge < -0.3 is 15.2 Å². The number of carbonyl (C=O) groups is 1. The minimum Gasteiger partial charge on any atom is -0.508 e. The summed E-state index contributed by atoms with van der Waals surface area (Å²) in [5, 5.41) is 12.1. The zero-order chi connectivity index (χ0) is 21.0. The van der Waals surface area contributed by atoms with Crippen molar-refractivity contribution >= 4 is 21.4 Å². The van der Waals surface area contributed by atoms with E-state index >= 15 is 0 Å². The Morgan fingerprint density at radius 2 is 1.41 bits per heavy atom. The molecule has 7 heteroatoms. The molecule has 0 bridgehead atoms. The topological polar surface area (TPSA) is 92.7 Å². The van der Waals surface area contributed by atoms with Crippen LogP contribution in [0.4, 0.5) is 5.69 Å². The molecule has 1 unspecified atom stereocenters. The predicted octanol–water partition coefficient (Wildman–Crippen LogP) is 3.94. The minimum atomic E-state index is -3.71.